The number of hydrogen-bond acceptors (Lipinski definition) is 7. The van der Waals surface area contributed by atoms with Crippen LogP contribution in [0, 0.1) is 12.8 Å². The van der Waals surface area contributed by atoms with E-state index in [1.807, 2.05) is 13.8 Å². The quantitative estimate of drug-likeness (QED) is 0.474. The molecule has 31 heavy (non-hydrogen) atoms. The first-order valence-electron chi connectivity index (χ1n) is 9.86. The number of phenols is 1. The normalized spacial score (nSPS) is 11.8. The van der Waals surface area contributed by atoms with E-state index in [1.54, 1.807) is 6.92 Å². The lowest BCUT2D eigenvalue weighted by Gasteiger charge is -2.19. The number of hydrogen-bond donors (Lipinski definition) is 4. The number of ether oxygens (including phenoxy) is 1. The highest BCUT2D eigenvalue weighted by Crippen LogP contribution is 2.37. The van der Waals surface area contributed by atoms with Gasteiger partial charge in [-0.1, -0.05) is 19.9 Å². The third-order valence-corrected chi connectivity index (χ3v) is 4.54. The molecular formula is C22H28N2O7. The number of aryl methyl sites for hydroxylation is 1. The molecular weight excluding hydrogens is 404 g/mol. The van der Waals surface area contributed by atoms with Gasteiger partial charge in [0.1, 0.15) is 5.76 Å². The second-order valence-corrected chi connectivity index (χ2v) is 7.60. The molecule has 0 aliphatic carbocycles. The topological polar surface area (TPSA) is 138 Å². The molecule has 0 radical (unpaired) electrons. The van der Waals surface area contributed by atoms with Gasteiger partial charge in [0.25, 0.3) is 0 Å². The van der Waals surface area contributed by atoms with Crippen LogP contribution in [0.15, 0.2) is 33.5 Å². The average molecular weight is 432 g/mol. The monoisotopic (exact) mass is 432 g/mol. The third kappa shape index (κ3) is 6.50. The zero-order valence-electron chi connectivity index (χ0n) is 18.0. The first-order valence-corrected chi connectivity index (χ1v) is 9.86. The minimum Gasteiger partial charge on any atom is -0.504 e. The molecule has 0 saturated heterocycles. The Bertz CT molecular complexity index is 998. The van der Waals surface area contributed by atoms with Crippen molar-refractivity contribution in [1.82, 2.24) is 10.6 Å². The Hall–Kier alpha value is -3.49. The van der Waals surface area contributed by atoms with Crippen molar-refractivity contribution in [3.8, 4) is 17.2 Å². The number of nitrogens with one attached hydrogen (secondary N) is 2. The number of rotatable bonds is 9. The molecule has 9 nitrogen and oxygen atoms in total. The molecule has 0 spiro atoms. The molecule has 2 aromatic rings. The second kappa shape index (κ2) is 10.5. The van der Waals surface area contributed by atoms with Crippen LogP contribution in [0.25, 0.3) is 0 Å². The van der Waals surface area contributed by atoms with Crippen molar-refractivity contribution >= 4 is 11.8 Å². The third-order valence-electron chi connectivity index (χ3n) is 4.54. The Morgan fingerprint density at radius 3 is 2.48 bits per heavy atom. The summed E-state index contributed by atoms with van der Waals surface area (Å²) in [6.07, 6.45) is -0.217. The summed E-state index contributed by atoms with van der Waals surface area (Å²) in [6, 6.07) is 5.55. The second-order valence-electron chi connectivity index (χ2n) is 7.60. The Labute approximate surface area is 180 Å². The molecule has 1 atom stereocenters. The van der Waals surface area contributed by atoms with Gasteiger partial charge in [0.2, 0.25) is 23.0 Å². The average Bonchev–Trinajstić information content (AvgIpc) is 2.72. The molecule has 2 amide bonds. The van der Waals surface area contributed by atoms with Crippen LogP contribution < -0.4 is 20.8 Å². The van der Waals surface area contributed by atoms with Crippen LogP contribution in [-0.4, -0.2) is 42.2 Å². The fraction of sp³-hybridized carbons (Fsp3) is 0.409. The van der Waals surface area contributed by atoms with Gasteiger partial charge in [0.15, 0.2) is 17.3 Å². The van der Waals surface area contributed by atoms with Crippen LogP contribution in [0.4, 0.5) is 0 Å². The molecule has 0 unspecified atom stereocenters. The molecule has 1 aromatic carbocycles. The molecule has 1 heterocycles. The molecule has 1 aromatic heterocycles. The van der Waals surface area contributed by atoms with Crippen molar-refractivity contribution in [3.05, 3.63) is 51.6 Å². The number of amides is 2. The van der Waals surface area contributed by atoms with Gasteiger partial charge in [0.05, 0.1) is 19.6 Å². The highest BCUT2D eigenvalue weighted by molar-refractivity contribution is 5.85. The van der Waals surface area contributed by atoms with E-state index < -0.39 is 23.0 Å². The van der Waals surface area contributed by atoms with Gasteiger partial charge in [-0.3, -0.25) is 14.4 Å². The maximum atomic E-state index is 12.6. The van der Waals surface area contributed by atoms with Gasteiger partial charge >= 0.3 is 0 Å². The molecule has 9 heteroatoms. The summed E-state index contributed by atoms with van der Waals surface area (Å²) < 4.78 is 10.7. The SMILES string of the molecule is COc1cc([C@H](CC(=O)NCC(=O)NCC(C)C)c2oc(C)cc(=O)c2O)ccc1O. The van der Waals surface area contributed by atoms with E-state index in [2.05, 4.69) is 10.6 Å². The van der Waals surface area contributed by atoms with Crippen LogP contribution in [0.2, 0.25) is 0 Å². The van der Waals surface area contributed by atoms with E-state index in [0.29, 0.717) is 12.1 Å². The van der Waals surface area contributed by atoms with Crippen LogP contribution in [0.3, 0.4) is 0 Å². The lowest BCUT2D eigenvalue weighted by molar-refractivity contribution is -0.126. The summed E-state index contributed by atoms with van der Waals surface area (Å²) in [5, 5.41) is 25.4. The smallest absolute Gasteiger partial charge is 0.239 e. The van der Waals surface area contributed by atoms with Gasteiger partial charge < -0.3 is 30.0 Å². The summed E-state index contributed by atoms with van der Waals surface area (Å²) in [4.78, 5) is 36.5. The molecule has 0 aliphatic heterocycles. The van der Waals surface area contributed by atoms with Crippen molar-refractivity contribution in [2.24, 2.45) is 5.92 Å². The van der Waals surface area contributed by atoms with Gasteiger partial charge in [-0.2, -0.15) is 0 Å². The summed E-state index contributed by atoms with van der Waals surface area (Å²) in [7, 11) is 1.38. The first kappa shape index (κ1) is 23.8. The Morgan fingerprint density at radius 1 is 1.13 bits per heavy atom. The van der Waals surface area contributed by atoms with E-state index in [9.17, 15) is 24.6 Å². The Morgan fingerprint density at radius 2 is 1.84 bits per heavy atom. The molecule has 4 N–H and O–H groups in total. The number of aromatic hydroxyl groups is 2. The number of benzene rings is 1. The number of carbonyl (C=O) groups excluding carboxylic acids is 2. The van der Waals surface area contributed by atoms with Gasteiger partial charge in [-0.25, -0.2) is 0 Å². The van der Waals surface area contributed by atoms with E-state index in [1.165, 1.54) is 25.3 Å². The van der Waals surface area contributed by atoms with Crippen molar-refractivity contribution in [2.75, 3.05) is 20.2 Å². The number of methoxy groups -OCH3 is 1. The molecule has 0 bridgehead atoms. The first-order chi connectivity index (χ1) is 14.6. The van der Waals surface area contributed by atoms with Gasteiger partial charge in [0, 0.05) is 19.0 Å². The van der Waals surface area contributed by atoms with Crippen LogP contribution >= 0.6 is 0 Å². The summed E-state index contributed by atoms with van der Waals surface area (Å²) in [5.41, 5.74) is -0.166. The molecule has 0 aliphatic rings. The fourth-order valence-electron chi connectivity index (χ4n) is 2.95. The van der Waals surface area contributed by atoms with Crippen LogP contribution in [0.5, 0.6) is 17.2 Å². The highest BCUT2D eigenvalue weighted by atomic mass is 16.5. The minimum absolute atomic E-state index is 0.0860. The van der Waals surface area contributed by atoms with E-state index in [-0.39, 0.29) is 47.8 Å². The van der Waals surface area contributed by atoms with Gasteiger partial charge in [-0.15, -0.1) is 0 Å². The largest absolute Gasteiger partial charge is 0.504 e. The summed E-state index contributed by atoms with van der Waals surface area (Å²) in [5.74, 6) is -1.77. The zero-order chi connectivity index (χ0) is 23.1. The highest BCUT2D eigenvalue weighted by Gasteiger charge is 2.27. The maximum Gasteiger partial charge on any atom is 0.239 e. The van der Waals surface area contributed by atoms with Crippen molar-refractivity contribution in [3.63, 3.8) is 0 Å². The van der Waals surface area contributed by atoms with Gasteiger partial charge in [-0.05, 0) is 30.5 Å². The maximum absolute atomic E-state index is 12.6. The molecule has 168 valence electrons. The van der Waals surface area contributed by atoms with Crippen molar-refractivity contribution in [2.45, 2.75) is 33.1 Å². The van der Waals surface area contributed by atoms with Crippen LogP contribution in [-0.2, 0) is 9.59 Å². The predicted octanol–water partition coefficient (Wildman–Crippen LogP) is 1.78. The fourth-order valence-corrected chi connectivity index (χ4v) is 2.95. The zero-order valence-corrected chi connectivity index (χ0v) is 18.0. The minimum atomic E-state index is -0.860. The molecule has 2 rings (SSSR count). The van der Waals surface area contributed by atoms with Crippen molar-refractivity contribution in [1.29, 1.82) is 0 Å². The van der Waals surface area contributed by atoms with Crippen molar-refractivity contribution < 1.29 is 29.0 Å². The Kier molecular flexibility index (Phi) is 8.07. The Balaban J connectivity index is 2.30. The van der Waals surface area contributed by atoms with E-state index in [4.69, 9.17) is 9.15 Å². The number of carbonyl (C=O) groups is 2. The lowest BCUT2D eigenvalue weighted by atomic mass is 9.91. The summed E-state index contributed by atoms with van der Waals surface area (Å²) in [6.45, 7) is 5.75. The van der Waals surface area contributed by atoms with E-state index >= 15 is 0 Å². The lowest BCUT2D eigenvalue weighted by Crippen LogP contribution is -2.38. The predicted molar refractivity (Wildman–Crippen MR) is 113 cm³/mol. The molecule has 0 saturated carbocycles. The number of phenolic OH excluding ortho intramolecular Hbond substituents is 1. The van der Waals surface area contributed by atoms with E-state index in [0.717, 1.165) is 6.07 Å². The summed E-state index contributed by atoms with van der Waals surface area (Å²) >= 11 is 0. The standard InChI is InChI=1S/C22H28N2O7/c1-12(2)10-23-20(28)11-24-19(27)9-15(14-5-6-16(25)18(8-14)30-4)22-21(29)17(26)7-13(3)31-22/h5-8,12,15,25,29H,9-11H2,1-4H3,(H,23,28)(H,24,27)/t15-/m0/s1. The molecule has 0 fully saturated rings. The van der Waals surface area contributed by atoms with Crippen LogP contribution in [0.1, 0.15) is 43.3 Å².